The third-order valence-corrected chi connectivity index (χ3v) is 6.08. The van der Waals surface area contributed by atoms with Crippen molar-refractivity contribution in [3.8, 4) is 0 Å². The van der Waals surface area contributed by atoms with Gasteiger partial charge in [0.25, 0.3) is 0 Å². The molecule has 0 aromatic rings. The summed E-state index contributed by atoms with van der Waals surface area (Å²) in [7, 11) is -2.81. The van der Waals surface area contributed by atoms with E-state index >= 15 is 0 Å². The average molecular weight is 247 g/mol. The molecular weight excluding hydrogens is 226 g/mol. The second kappa shape index (κ2) is 3.96. The number of nitrogens with zero attached hydrogens (tertiary/aromatic N) is 1. The van der Waals surface area contributed by atoms with Crippen molar-refractivity contribution in [2.24, 2.45) is 5.92 Å². The summed E-state index contributed by atoms with van der Waals surface area (Å²) in [6.07, 6.45) is 1.73. The first kappa shape index (κ1) is 12.3. The Morgan fingerprint density at radius 2 is 2.06 bits per heavy atom. The second-order valence-electron chi connectivity index (χ2n) is 5.57. The van der Waals surface area contributed by atoms with Crippen molar-refractivity contribution in [3.05, 3.63) is 0 Å². The van der Waals surface area contributed by atoms with Gasteiger partial charge in [-0.25, -0.2) is 8.42 Å². The molecule has 0 spiro atoms. The Morgan fingerprint density at radius 1 is 1.38 bits per heavy atom. The molecule has 2 fully saturated rings. The second-order valence-corrected chi connectivity index (χ2v) is 7.80. The highest BCUT2D eigenvalue weighted by atomic mass is 32.2. The molecule has 0 aromatic heterocycles. The molecule has 2 saturated heterocycles. The first-order valence-electron chi connectivity index (χ1n) is 5.95. The van der Waals surface area contributed by atoms with Crippen LogP contribution >= 0.6 is 0 Å². The van der Waals surface area contributed by atoms with Crippen molar-refractivity contribution >= 4 is 9.84 Å². The first-order valence-corrected chi connectivity index (χ1v) is 7.77. The molecule has 0 aliphatic carbocycles. The zero-order valence-electron chi connectivity index (χ0n) is 10.0. The Labute approximate surface area is 97.6 Å². The lowest BCUT2D eigenvalue weighted by Crippen LogP contribution is -2.49. The molecule has 2 rings (SSSR count). The standard InChI is InChI=1S/C11H21NO3S/c1-11(2)9(7-13)3-5-12(11)10-4-6-16(14,15)8-10/h9-10,13H,3-8H2,1-2H3. The van der Waals surface area contributed by atoms with E-state index in [9.17, 15) is 13.5 Å². The van der Waals surface area contributed by atoms with E-state index in [1.54, 1.807) is 0 Å². The number of sulfone groups is 1. The maximum atomic E-state index is 11.5. The topological polar surface area (TPSA) is 57.6 Å². The van der Waals surface area contributed by atoms with Gasteiger partial charge in [0.05, 0.1) is 11.5 Å². The van der Waals surface area contributed by atoms with Crippen LogP contribution in [0.15, 0.2) is 0 Å². The highest BCUT2D eigenvalue weighted by Crippen LogP contribution is 2.38. The molecule has 1 N–H and O–H groups in total. The van der Waals surface area contributed by atoms with Crippen molar-refractivity contribution in [2.45, 2.75) is 38.3 Å². The first-order chi connectivity index (χ1) is 7.37. The minimum Gasteiger partial charge on any atom is -0.396 e. The van der Waals surface area contributed by atoms with Crippen LogP contribution in [0, 0.1) is 5.92 Å². The van der Waals surface area contributed by atoms with Crippen molar-refractivity contribution < 1.29 is 13.5 Å². The molecule has 16 heavy (non-hydrogen) atoms. The number of hydrogen-bond donors (Lipinski definition) is 1. The maximum absolute atomic E-state index is 11.5. The number of aliphatic hydroxyl groups excluding tert-OH is 1. The molecule has 2 aliphatic rings. The molecule has 2 unspecified atom stereocenters. The van der Waals surface area contributed by atoms with Crippen molar-refractivity contribution in [1.82, 2.24) is 4.90 Å². The van der Waals surface area contributed by atoms with Crippen molar-refractivity contribution in [1.29, 1.82) is 0 Å². The Hall–Kier alpha value is -0.130. The van der Waals surface area contributed by atoms with E-state index in [0.29, 0.717) is 11.5 Å². The summed E-state index contributed by atoms with van der Waals surface area (Å²) < 4.78 is 23.0. The third kappa shape index (κ3) is 2.00. The van der Waals surface area contributed by atoms with Gasteiger partial charge in [-0.05, 0) is 33.2 Å². The quantitative estimate of drug-likeness (QED) is 0.761. The van der Waals surface area contributed by atoms with Crippen LogP contribution in [-0.2, 0) is 9.84 Å². The van der Waals surface area contributed by atoms with Gasteiger partial charge in [0, 0.05) is 24.1 Å². The zero-order chi connectivity index (χ0) is 12.0. The highest BCUT2D eigenvalue weighted by Gasteiger charge is 2.46. The van der Waals surface area contributed by atoms with Crippen LogP contribution in [0.5, 0.6) is 0 Å². The fourth-order valence-corrected chi connectivity index (χ4v) is 4.89. The minimum absolute atomic E-state index is 0.0702. The van der Waals surface area contributed by atoms with E-state index < -0.39 is 9.84 Å². The van der Waals surface area contributed by atoms with Gasteiger partial charge < -0.3 is 5.11 Å². The van der Waals surface area contributed by atoms with Crippen molar-refractivity contribution in [2.75, 3.05) is 24.7 Å². The number of rotatable bonds is 2. The van der Waals surface area contributed by atoms with Crippen molar-refractivity contribution in [3.63, 3.8) is 0 Å². The van der Waals surface area contributed by atoms with Crippen LogP contribution in [0.25, 0.3) is 0 Å². The lowest BCUT2D eigenvalue weighted by atomic mass is 9.88. The predicted molar refractivity (Wildman–Crippen MR) is 63.0 cm³/mol. The molecule has 5 heteroatoms. The Morgan fingerprint density at radius 3 is 2.50 bits per heavy atom. The Kier molecular flexibility index (Phi) is 3.05. The molecule has 0 bridgehead atoms. The lowest BCUT2D eigenvalue weighted by molar-refractivity contribution is 0.0736. The Balaban J connectivity index is 2.12. The van der Waals surface area contributed by atoms with E-state index in [-0.39, 0.29) is 24.1 Å². The minimum atomic E-state index is -2.81. The van der Waals surface area contributed by atoms with Gasteiger partial charge in [-0.15, -0.1) is 0 Å². The average Bonchev–Trinajstić information content (AvgIpc) is 2.65. The van der Waals surface area contributed by atoms with Gasteiger partial charge in [-0.1, -0.05) is 0 Å². The van der Waals surface area contributed by atoms with E-state index in [0.717, 1.165) is 19.4 Å². The van der Waals surface area contributed by atoms with Crippen LogP contribution in [0.4, 0.5) is 0 Å². The van der Waals surface area contributed by atoms with Crippen LogP contribution in [0.2, 0.25) is 0 Å². The van der Waals surface area contributed by atoms with E-state index in [1.165, 1.54) is 0 Å². The van der Waals surface area contributed by atoms with Crippen LogP contribution in [-0.4, -0.2) is 54.7 Å². The van der Waals surface area contributed by atoms with Crippen LogP contribution in [0.1, 0.15) is 26.7 Å². The third-order valence-electron chi connectivity index (χ3n) is 4.33. The summed E-state index contributed by atoms with van der Waals surface area (Å²) in [5.41, 5.74) is -0.0702. The van der Waals surface area contributed by atoms with E-state index in [1.807, 2.05) is 0 Å². The summed E-state index contributed by atoms with van der Waals surface area (Å²) in [5, 5.41) is 9.32. The summed E-state index contributed by atoms with van der Waals surface area (Å²) in [6.45, 7) is 5.35. The summed E-state index contributed by atoms with van der Waals surface area (Å²) in [6, 6.07) is 0.163. The normalized spacial score (nSPS) is 37.9. The molecule has 0 aromatic carbocycles. The number of likely N-dealkylation sites (tertiary alicyclic amines) is 1. The highest BCUT2D eigenvalue weighted by molar-refractivity contribution is 7.91. The summed E-state index contributed by atoms with van der Waals surface area (Å²) >= 11 is 0. The van der Waals surface area contributed by atoms with Crippen LogP contribution < -0.4 is 0 Å². The molecule has 0 saturated carbocycles. The molecule has 0 amide bonds. The van der Waals surface area contributed by atoms with Gasteiger partial charge in [0.1, 0.15) is 0 Å². The Bertz CT molecular complexity index is 363. The van der Waals surface area contributed by atoms with Gasteiger partial charge in [-0.3, -0.25) is 4.90 Å². The smallest absolute Gasteiger partial charge is 0.151 e. The van der Waals surface area contributed by atoms with Gasteiger partial charge >= 0.3 is 0 Å². The molecule has 94 valence electrons. The monoisotopic (exact) mass is 247 g/mol. The van der Waals surface area contributed by atoms with E-state index in [2.05, 4.69) is 18.7 Å². The zero-order valence-corrected chi connectivity index (χ0v) is 10.8. The summed E-state index contributed by atoms with van der Waals surface area (Å²) in [5.74, 6) is 0.901. The largest absolute Gasteiger partial charge is 0.396 e. The maximum Gasteiger partial charge on any atom is 0.151 e. The van der Waals surface area contributed by atoms with E-state index in [4.69, 9.17) is 0 Å². The molecule has 2 aliphatic heterocycles. The summed E-state index contributed by atoms with van der Waals surface area (Å²) in [4.78, 5) is 2.29. The van der Waals surface area contributed by atoms with Gasteiger partial charge in [0.2, 0.25) is 0 Å². The molecular formula is C11H21NO3S. The van der Waals surface area contributed by atoms with Crippen LogP contribution in [0.3, 0.4) is 0 Å². The van der Waals surface area contributed by atoms with Gasteiger partial charge in [0.15, 0.2) is 9.84 Å². The molecule has 2 heterocycles. The molecule has 4 nitrogen and oxygen atoms in total. The SMILES string of the molecule is CC1(C)C(CO)CCN1C1CCS(=O)(=O)C1. The lowest BCUT2D eigenvalue weighted by Gasteiger charge is -2.39. The molecule has 0 radical (unpaired) electrons. The molecule has 2 atom stereocenters. The fraction of sp³-hybridized carbons (Fsp3) is 1.00. The predicted octanol–water partition coefficient (Wildman–Crippen LogP) is 0.266. The van der Waals surface area contributed by atoms with Gasteiger partial charge in [-0.2, -0.15) is 0 Å². The number of aliphatic hydroxyl groups is 1. The number of hydrogen-bond acceptors (Lipinski definition) is 4. The fourth-order valence-electron chi connectivity index (χ4n) is 3.16.